The van der Waals surface area contributed by atoms with Crippen LogP contribution in [0.5, 0.6) is 0 Å². The Morgan fingerprint density at radius 3 is 2.62 bits per heavy atom. The van der Waals surface area contributed by atoms with Gasteiger partial charge in [0.2, 0.25) is 5.69 Å². The Hall–Kier alpha value is -3.12. The molecule has 2 heterocycles. The number of rotatable bonds is 1. The second-order valence-electron chi connectivity index (χ2n) is 6.19. The molecule has 0 N–H and O–H groups in total. The van der Waals surface area contributed by atoms with Gasteiger partial charge in [0.1, 0.15) is 18.2 Å². The van der Waals surface area contributed by atoms with Gasteiger partial charge in [-0.2, -0.15) is 5.26 Å². The van der Waals surface area contributed by atoms with E-state index in [2.05, 4.69) is 35.8 Å². The van der Waals surface area contributed by atoms with Crippen molar-refractivity contribution >= 4 is 21.9 Å². The van der Waals surface area contributed by atoms with Crippen molar-refractivity contribution in [3.8, 4) is 17.3 Å². The monoisotopic (exact) mass is 313 g/mol. The van der Waals surface area contributed by atoms with Gasteiger partial charge in [-0.1, -0.05) is 0 Å². The molecule has 0 fully saturated rings. The summed E-state index contributed by atoms with van der Waals surface area (Å²) >= 11 is 0. The summed E-state index contributed by atoms with van der Waals surface area (Å²) in [6.45, 7) is 4.08. The summed E-state index contributed by atoms with van der Waals surface area (Å²) < 4.78 is 8.13. The number of nitrogens with zero attached hydrogens (tertiary/aromatic N) is 2. The van der Waals surface area contributed by atoms with Crippen molar-refractivity contribution in [3.05, 3.63) is 65.4 Å². The summed E-state index contributed by atoms with van der Waals surface area (Å²) in [5.41, 5.74) is 6.86. The van der Waals surface area contributed by atoms with Gasteiger partial charge in [-0.3, -0.25) is 0 Å². The Labute approximate surface area is 140 Å². The van der Waals surface area contributed by atoms with E-state index in [9.17, 15) is 5.26 Å². The lowest BCUT2D eigenvalue weighted by Gasteiger charge is -2.05. The Balaban J connectivity index is 2.12. The quantitative estimate of drug-likeness (QED) is 0.483. The van der Waals surface area contributed by atoms with Gasteiger partial charge in [0.25, 0.3) is 0 Å². The number of furan rings is 1. The first-order valence-corrected chi connectivity index (χ1v) is 7.91. The largest absolute Gasteiger partial charge is 0.456 e. The molecule has 2 aromatic heterocycles. The molecular weight excluding hydrogens is 296 g/mol. The van der Waals surface area contributed by atoms with Crippen LogP contribution in [-0.4, -0.2) is 0 Å². The first kappa shape index (κ1) is 14.5. The van der Waals surface area contributed by atoms with Gasteiger partial charge >= 0.3 is 0 Å². The Bertz CT molecular complexity index is 1150. The van der Waals surface area contributed by atoms with Crippen LogP contribution in [-0.2, 0) is 7.05 Å². The molecule has 3 heteroatoms. The average molecular weight is 313 g/mol. The third-order valence-electron chi connectivity index (χ3n) is 4.69. The van der Waals surface area contributed by atoms with Crippen LogP contribution in [0, 0.1) is 25.2 Å². The molecule has 0 atom stereocenters. The molecule has 0 radical (unpaired) electrons. The third-order valence-corrected chi connectivity index (χ3v) is 4.69. The van der Waals surface area contributed by atoms with Crippen LogP contribution >= 0.6 is 0 Å². The molecule has 2 aromatic carbocycles. The summed E-state index contributed by atoms with van der Waals surface area (Å²) in [5.74, 6) is 0. The Morgan fingerprint density at radius 1 is 1.04 bits per heavy atom. The molecule has 4 aromatic rings. The third kappa shape index (κ3) is 2.00. The number of aromatic nitrogens is 1. The van der Waals surface area contributed by atoms with Gasteiger partial charge < -0.3 is 4.42 Å². The molecule has 116 valence electrons. The summed E-state index contributed by atoms with van der Waals surface area (Å²) in [6, 6.07) is 16.4. The maximum Gasteiger partial charge on any atom is 0.212 e. The van der Waals surface area contributed by atoms with Crippen LogP contribution in [0.4, 0.5) is 0 Å². The second-order valence-corrected chi connectivity index (χ2v) is 6.19. The lowest BCUT2D eigenvalue weighted by molar-refractivity contribution is -0.660. The molecule has 0 amide bonds. The first-order chi connectivity index (χ1) is 11.6. The van der Waals surface area contributed by atoms with Crippen molar-refractivity contribution in [2.24, 2.45) is 7.05 Å². The van der Waals surface area contributed by atoms with Gasteiger partial charge in [0, 0.05) is 28.5 Å². The fourth-order valence-corrected chi connectivity index (χ4v) is 3.39. The predicted molar refractivity (Wildman–Crippen MR) is 94.5 cm³/mol. The number of hydrogen-bond acceptors (Lipinski definition) is 2. The Kier molecular flexibility index (Phi) is 3.14. The number of benzene rings is 2. The van der Waals surface area contributed by atoms with E-state index in [1.54, 1.807) is 0 Å². The van der Waals surface area contributed by atoms with E-state index >= 15 is 0 Å². The smallest absolute Gasteiger partial charge is 0.212 e. The van der Waals surface area contributed by atoms with Crippen LogP contribution in [0.1, 0.15) is 16.7 Å². The first-order valence-electron chi connectivity index (χ1n) is 7.91. The molecule has 3 nitrogen and oxygen atoms in total. The van der Waals surface area contributed by atoms with E-state index in [0.717, 1.165) is 33.2 Å². The lowest BCUT2D eigenvalue weighted by Crippen LogP contribution is -2.30. The predicted octanol–water partition coefficient (Wildman–Crippen LogP) is 4.57. The van der Waals surface area contributed by atoms with Crippen molar-refractivity contribution < 1.29 is 8.98 Å². The molecule has 0 aliphatic heterocycles. The second kappa shape index (κ2) is 5.21. The van der Waals surface area contributed by atoms with Gasteiger partial charge in [0.15, 0.2) is 6.20 Å². The van der Waals surface area contributed by atoms with Gasteiger partial charge in [-0.25, -0.2) is 4.57 Å². The summed E-state index contributed by atoms with van der Waals surface area (Å²) in [6.07, 6.45) is 2.05. The lowest BCUT2D eigenvalue weighted by atomic mass is 9.98. The zero-order chi connectivity index (χ0) is 16.8. The zero-order valence-electron chi connectivity index (χ0n) is 13.9. The summed E-state index contributed by atoms with van der Waals surface area (Å²) in [4.78, 5) is 0. The van der Waals surface area contributed by atoms with E-state index in [1.807, 2.05) is 44.4 Å². The highest BCUT2D eigenvalue weighted by molar-refractivity contribution is 6.08. The Morgan fingerprint density at radius 2 is 1.88 bits per heavy atom. The SMILES string of the molecule is Cc1cc2oc3ccc(C#N)c(C)c3c2cc1-c1cccc[n+]1C. The standard InChI is InChI=1S/C21H17N2O/c1-13-10-20-17(11-16(13)18-6-4-5-9-23(18)3)21-14(2)15(12-22)7-8-19(21)24-20/h4-11H,1-3H3/q+1. The maximum atomic E-state index is 9.32. The van der Waals surface area contributed by atoms with Gasteiger partial charge in [0.05, 0.1) is 11.6 Å². The maximum absolute atomic E-state index is 9.32. The van der Waals surface area contributed by atoms with E-state index in [4.69, 9.17) is 4.42 Å². The molecule has 0 aliphatic rings. The molecule has 0 spiro atoms. The van der Waals surface area contributed by atoms with E-state index in [0.29, 0.717) is 5.56 Å². The normalized spacial score (nSPS) is 11.1. The topological polar surface area (TPSA) is 40.8 Å². The van der Waals surface area contributed by atoms with Gasteiger partial charge in [-0.05, 0) is 55.3 Å². The number of aryl methyl sites for hydroxylation is 3. The minimum atomic E-state index is 0.692. The number of hydrogen-bond donors (Lipinski definition) is 0. The molecule has 0 saturated carbocycles. The van der Waals surface area contributed by atoms with Crippen molar-refractivity contribution in [1.82, 2.24) is 0 Å². The van der Waals surface area contributed by atoms with E-state index < -0.39 is 0 Å². The fraction of sp³-hybridized carbons (Fsp3) is 0.143. The van der Waals surface area contributed by atoms with Crippen molar-refractivity contribution in [2.75, 3.05) is 0 Å². The summed E-state index contributed by atoms with van der Waals surface area (Å²) in [5, 5.41) is 11.4. The van der Waals surface area contributed by atoms with E-state index in [-0.39, 0.29) is 0 Å². The average Bonchev–Trinajstić information content (AvgIpc) is 2.93. The number of nitriles is 1. The van der Waals surface area contributed by atoms with Crippen LogP contribution in [0.2, 0.25) is 0 Å². The fourth-order valence-electron chi connectivity index (χ4n) is 3.39. The highest BCUT2D eigenvalue weighted by atomic mass is 16.3. The highest BCUT2D eigenvalue weighted by Crippen LogP contribution is 2.36. The molecular formula is C21H17N2O+. The van der Waals surface area contributed by atoms with Crippen LogP contribution in [0.3, 0.4) is 0 Å². The van der Waals surface area contributed by atoms with Crippen LogP contribution in [0.25, 0.3) is 33.2 Å². The van der Waals surface area contributed by atoms with E-state index in [1.165, 1.54) is 11.1 Å². The van der Waals surface area contributed by atoms with Crippen LogP contribution in [0.15, 0.2) is 53.1 Å². The molecule has 4 rings (SSSR count). The van der Waals surface area contributed by atoms with Crippen molar-refractivity contribution in [2.45, 2.75) is 13.8 Å². The number of pyridine rings is 1. The van der Waals surface area contributed by atoms with Gasteiger partial charge in [-0.15, -0.1) is 0 Å². The summed E-state index contributed by atoms with van der Waals surface area (Å²) in [7, 11) is 2.05. The molecule has 0 saturated heterocycles. The van der Waals surface area contributed by atoms with Crippen molar-refractivity contribution in [3.63, 3.8) is 0 Å². The van der Waals surface area contributed by atoms with Crippen LogP contribution < -0.4 is 4.57 Å². The molecule has 0 bridgehead atoms. The van der Waals surface area contributed by atoms with Crippen molar-refractivity contribution in [1.29, 1.82) is 5.26 Å². The highest BCUT2D eigenvalue weighted by Gasteiger charge is 2.17. The molecule has 24 heavy (non-hydrogen) atoms. The molecule has 0 unspecified atom stereocenters. The molecule has 0 aliphatic carbocycles. The minimum absolute atomic E-state index is 0.692. The zero-order valence-corrected chi connectivity index (χ0v) is 13.9. The number of fused-ring (bicyclic) bond motifs is 3. The minimum Gasteiger partial charge on any atom is -0.456 e.